The molecule has 9 heteroatoms. The third kappa shape index (κ3) is 4.91. The van der Waals surface area contributed by atoms with E-state index in [0.29, 0.717) is 10.9 Å². The van der Waals surface area contributed by atoms with Crippen LogP contribution >= 0.6 is 11.8 Å². The molecule has 0 radical (unpaired) electrons. The first kappa shape index (κ1) is 18.6. The van der Waals surface area contributed by atoms with Crippen molar-refractivity contribution in [3.05, 3.63) is 60.2 Å². The maximum absolute atomic E-state index is 12.2. The number of benzene rings is 2. The summed E-state index contributed by atoms with van der Waals surface area (Å²) in [4.78, 5) is 23.4. The fraction of sp³-hybridized carbons (Fsp3) is 0.167. The normalized spacial score (nSPS) is 10.4. The molecule has 3 aromatic rings. The van der Waals surface area contributed by atoms with E-state index in [9.17, 15) is 9.59 Å². The SMILES string of the molecule is CC(=O)Oc1ccccc1C(=O)OCCSc1nnnn1-c1ccccc1. The van der Waals surface area contributed by atoms with Gasteiger partial charge >= 0.3 is 11.9 Å². The highest BCUT2D eigenvalue weighted by Crippen LogP contribution is 2.20. The summed E-state index contributed by atoms with van der Waals surface area (Å²) in [6, 6.07) is 15.9. The van der Waals surface area contributed by atoms with Crippen LogP contribution in [-0.4, -0.2) is 44.5 Å². The second-order valence-electron chi connectivity index (χ2n) is 5.28. The maximum Gasteiger partial charge on any atom is 0.341 e. The molecule has 0 bridgehead atoms. The van der Waals surface area contributed by atoms with E-state index in [0.717, 1.165) is 5.69 Å². The molecule has 0 atom stereocenters. The fourth-order valence-corrected chi connectivity index (χ4v) is 2.93. The Morgan fingerprint density at radius 3 is 2.59 bits per heavy atom. The summed E-state index contributed by atoms with van der Waals surface area (Å²) in [5, 5.41) is 12.2. The number of aromatic nitrogens is 4. The molecule has 2 aromatic carbocycles. The van der Waals surface area contributed by atoms with E-state index in [2.05, 4.69) is 15.5 Å². The quantitative estimate of drug-likeness (QED) is 0.265. The van der Waals surface area contributed by atoms with E-state index in [1.807, 2.05) is 30.3 Å². The number of esters is 2. The van der Waals surface area contributed by atoms with Gasteiger partial charge < -0.3 is 9.47 Å². The number of tetrazole rings is 1. The van der Waals surface area contributed by atoms with Gasteiger partial charge in [0.1, 0.15) is 17.9 Å². The van der Waals surface area contributed by atoms with Crippen LogP contribution in [0.1, 0.15) is 17.3 Å². The Bertz CT molecular complexity index is 930. The van der Waals surface area contributed by atoms with Crippen molar-refractivity contribution in [2.45, 2.75) is 12.1 Å². The van der Waals surface area contributed by atoms with Gasteiger partial charge in [-0.05, 0) is 34.7 Å². The van der Waals surface area contributed by atoms with Gasteiger partial charge in [-0.3, -0.25) is 4.79 Å². The molecule has 0 saturated carbocycles. The molecule has 3 rings (SSSR count). The number of ether oxygens (including phenoxy) is 2. The molecular formula is C18H16N4O4S. The van der Waals surface area contributed by atoms with Crippen LogP contribution in [0.15, 0.2) is 59.8 Å². The van der Waals surface area contributed by atoms with Crippen LogP contribution < -0.4 is 4.74 Å². The summed E-state index contributed by atoms with van der Waals surface area (Å²) in [5.74, 6) is -0.418. The Hall–Kier alpha value is -3.20. The van der Waals surface area contributed by atoms with Gasteiger partial charge in [-0.15, -0.1) is 5.10 Å². The Balaban J connectivity index is 1.55. The number of hydrogen-bond donors (Lipinski definition) is 0. The monoisotopic (exact) mass is 384 g/mol. The van der Waals surface area contributed by atoms with E-state index in [1.54, 1.807) is 28.9 Å². The molecule has 1 aromatic heterocycles. The largest absolute Gasteiger partial charge is 0.461 e. The fourth-order valence-electron chi connectivity index (χ4n) is 2.22. The minimum absolute atomic E-state index is 0.152. The Morgan fingerprint density at radius 1 is 1.07 bits per heavy atom. The summed E-state index contributed by atoms with van der Waals surface area (Å²) in [6.45, 7) is 1.43. The summed E-state index contributed by atoms with van der Waals surface area (Å²) in [7, 11) is 0. The zero-order valence-electron chi connectivity index (χ0n) is 14.4. The van der Waals surface area contributed by atoms with Gasteiger partial charge in [-0.2, -0.15) is 4.68 Å². The van der Waals surface area contributed by atoms with E-state index in [1.165, 1.54) is 18.7 Å². The standard InChI is InChI=1S/C18H16N4O4S/c1-13(23)26-16-10-6-5-9-15(16)17(24)25-11-12-27-18-19-20-21-22(18)14-7-3-2-4-8-14/h2-10H,11-12H2,1H3. The van der Waals surface area contributed by atoms with Crippen molar-refractivity contribution in [1.82, 2.24) is 20.2 Å². The molecule has 0 amide bonds. The predicted octanol–water partition coefficient (Wildman–Crippen LogP) is 2.54. The van der Waals surface area contributed by atoms with Crippen LogP contribution in [0, 0.1) is 0 Å². The van der Waals surface area contributed by atoms with Gasteiger partial charge in [0.2, 0.25) is 5.16 Å². The Kier molecular flexibility index (Phi) is 6.16. The van der Waals surface area contributed by atoms with Crippen LogP contribution in [0.25, 0.3) is 5.69 Å². The molecule has 0 aliphatic rings. The molecule has 0 saturated heterocycles. The molecule has 1 heterocycles. The van der Waals surface area contributed by atoms with Crippen LogP contribution in [0.4, 0.5) is 0 Å². The van der Waals surface area contributed by atoms with Gasteiger partial charge in [0.25, 0.3) is 0 Å². The van der Waals surface area contributed by atoms with Gasteiger partial charge in [0.15, 0.2) is 0 Å². The molecule has 0 spiro atoms. The minimum Gasteiger partial charge on any atom is -0.461 e. The first-order valence-corrected chi connectivity index (χ1v) is 9.05. The second-order valence-corrected chi connectivity index (χ2v) is 6.35. The molecule has 0 N–H and O–H groups in total. The van der Waals surface area contributed by atoms with Crippen molar-refractivity contribution in [2.75, 3.05) is 12.4 Å². The number of thioether (sulfide) groups is 1. The molecular weight excluding hydrogens is 368 g/mol. The lowest BCUT2D eigenvalue weighted by atomic mass is 10.2. The number of carbonyl (C=O) groups is 2. The molecule has 0 aliphatic carbocycles. The van der Waals surface area contributed by atoms with Gasteiger partial charge in [0, 0.05) is 12.7 Å². The number of carbonyl (C=O) groups excluding carboxylic acids is 2. The number of para-hydroxylation sites is 2. The number of hydrogen-bond acceptors (Lipinski definition) is 8. The number of rotatable bonds is 7. The topological polar surface area (TPSA) is 96.2 Å². The third-order valence-electron chi connectivity index (χ3n) is 3.35. The van der Waals surface area contributed by atoms with Gasteiger partial charge in [-0.25, -0.2) is 4.79 Å². The number of nitrogens with zero attached hydrogens (tertiary/aromatic N) is 4. The highest BCUT2D eigenvalue weighted by Gasteiger charge is 2.15. The van der Waals surface area contributed by atoms with E-state index >= 15 is 0 Å². The molecule has 0 aliphatic heterocycles. The Morgan fingerprint density at radius 2 is 1.81 bits per heavy atom. The maximum atomic E-state index is 12.2. The molecule has 0 fully saturated rings. The second kappa shape index (κ2) is 8.95. The average molecular weight is 384 g/mol. The first-order valence-electron chi connectivity index (χ1n) is 8.06. The lowest BCUT2D eigenvalue weighted by Gasteiger charge is -2.09. The van der Waals surface area contributed by atoms with Crippen molar-refractivity contribution in [3.8, 4) is 11.4 Å². The smallest absolute Gasteiger partial charge is 0.341 e. The van der Waals surface area contributed by atoms with E-state index < -0.39 is 11.9 Å². The summed E-state index contributed by atoms with van der Waals surface area (Å²) >= 11 is 1.36. The zero-order valence-corrected chi connectivity index (χ0v) is 15.3. The molecule has 0 unspecified atom stereocenters. The third-order valence-corrected chi connectivity index (χ3v) is 4.23. The van der Waals surface area contributed by atoms with Crippen LogP contribution in [0.2, 0.25) is 0 Å². The first-order chi connectivity index (χ1) is 13.1. The molecule has 8 nitrogen and oxygen atoms in total. The predicted molar refractivity (Wildman–Crippen MR) is 97.9 cm³/mol. The lowest BCUT2D eigenvalue weighted by molar-refractivity contribution is -0.131. The highest BCUT2D eigenvalue weighted by atomic mass is 32.2. The van der Waals surface area contributed by atoms with Crippen LogP contribution in [0.5, 0.6) is 5.75 Å². The summed E-state index contributed by atoms with van der Waals surface area (Å²) in [5.41, 5.74) is 1.05. The van der Waals surface area contributed by atoms with Crippen molar-refractivity contribution in [2.24, 2.45) is 0 Å². The van der Waals surface area contributed by atoms with E-state index in [4.69, 9.17) is 9.47 Å². The lowest BCUT2D eigenvalue weighted by Crippen LogP contribution is -2.12. The highest BCUT2D eigenvalue weighted by molar-refractivity contribution is 7.99. The summed E-state index contributed by atoms with van der Waals surface area (Å²) in [6.07, 6.45) is 0. The average Bonchev–Trinajstić information content (AvgIpc) is 3.14. The van der Waals surface area contributed by atoms with Crippen LogP contribution in [-0.2, 0) is 9.53 Å². The summed E-state index contributed by atoms with van der Waals surface area (Å²) < 4.78 is 11.9. The van der Waals surface area contributed by atoms with Crippen molar-refractivity contribution in [1.29, 1.82) is 0 Å². The zero-order chi connectivity index (χ0) is 19.1. The van der Waals surface area contributed by atoms with Crippen molar-refractivity contribution < 1.29 is 19.1 Å². The molecule has 27 heavy (non-hydrogen) atoms. The van der Waals surface area contributed by atoms with E-state index in [-0.39, 0.29) is 17.9 Å². The van der Waals surface area contributed by atoms with Gasteiger partial charge in [0.05, 0.1) is 5.69 Å². The molecule has 138 valence electrons. The van der Waals surface area contributed by atoms with Crippen molar-refractivity contribution >= 4 is 23.7 Å². The van der Waals surface area contributed by atoms with Crippen LogP contribution in [0.3, 0.4) is 0 Å². The minimum atomic E-state index is -0.560. The van der Waals surface area contributed by atoms with Gasteiger partial charge in [-0.1, -0.05) is 42.1 Å². The Labute approximate surface area is 159 Å². The van der Waals surface area contributed by atoms with Crippen molar-refractivity contribution in [3.63, 3.8) is 0 Å².